The highest BCUT2D eigenvalue weighted by Gasteiger charge is 2.25. The third kappa shape index (κ3) is 43.8. The number of carbonyl (C=O) groups is 11. The van der Waals surface area contributed by atoms with E-state index < -0.39 is 65.4 Å². The molecule has 23 heteroatoms. The number of nitrogens with one attached hydrogen (secondary N) is 4. The van der Waals surface area contributed by atoms with Crippen molar-refractivity contribution in [3.63, 3.8) is 0 Å². The largest absolute Gasteiger partial charge is 0.481 e. The van der Waals surface area contributed by atoms with Crippen LogP contribution in [-0.4, -0.2) is 163 Å². The fraction of sp³-hybridized carbons (Fsp3) is 0.792. The molecule has 0 unspecified atom stereocenters. The van der Waals surface area contributed by atoms with Crippen LogP contribution in [-0.2, 0) is 71.7 Å². The molecule has 436 valence electrons. The number of amides is 4. The average molecular weight is 1090 g/mol. The molecule has 4 atom stereocenters. The number of carboxylic acid groups (broad SMARTS) is 4. The van der Waals surface area contributed by atoms with Gasteiger partial charge in [-0.3, -0.25) is 43.2 Å². The second kappa shape index (κ2) is 46.9. The fourth-order valence-corrected chi connectivity index (χ4v) is 7.61. The van der Waals surface area contributed by atoms with E-state index in [1.807, 2.05) is 6.92 Å². The van der Waals surface area contributed by atoms with Crippen molar-refractivity contribution in [3.8, 4) is 0 Å². The summed E-state index contributed by atoms with van der Waals surface area (Å²) in [5, 5.41) is 47.5. The first-order valence-electron chi connectivity index (χ1n) is 27.2. The molecule has 0 spiro atoms. The second-order valence-electron chi connectivity index (χ2n) is 19.1. The lowest BCUT2D eigenvalue weighted by Gasteiger charge is -2.17. The Morgan fingerprint density at radius 1 is 0.395 bits per heavy atom. The number of ether oxygens (including phenoxy) is 4. The van der Waals surface area contributed by atoms with Gasteiger partial charge < -0.3 is 60.6 Å². The number of carbonyl (C=O) groups excluding carboxylic acids is 7. The minimum atomic E-state index is -1.37. The predicted octanol–water partition coefficient (Wildman–Crippen LogP) is 4.72. The van der Waals surface area contributed by atoms with Gasteiger partial charge in [0.25, 0.3) is 0 Å². The minimum absolute atomic E-state index is 0.00388. The first-order valence-corrected chi connectivity index (χ1v) is 27.2. The average Bonchev–Trinajstić information content (AvgIpc) is 3.36. The van der Waals surface area contributed by atoms with Gasteiger partial charge in [-0.1, -0.05) is 77.6 Å². The van der Waals surface area contributed by atoms with Crippen molar-refractivity contribution in [2.75, 3.05) is 65.9 Å². The monoisotopic (exact) mass is 1090 g/mol. The number of Topliss-reactive ketones (excluding diaryl/α,β-unsaturated/α-hetero) is 3. The molecule has 0 aliphatic heterocycles. The zero-order valence-corrected chi connectivity index (χ0v) is 45.2. The summed E-state index contributed by atoms with van der Waals surface area (Å²) < 4.78 is 21.3. The zero-order valence-electron chi connectivity index (χ0n) is 45.2. The van der Waals surface area contributed by atoms with Crippen LogP contribution in [0.25, 0.3) is 0 Å². The molecule has 8 N–H and O–H groups in total. The highest BCUT2D eigenvalue weighted by atomic mass is 16.5. The minimum Gasteiger partial charge on any atom is -0.481 e. The lowest BCUT2D eigenvalue weighted by atomic mass is 9.97. The summed E-state index contributed by atoms with van der Waals surface area (Å²) >= 11 is 0. The van der Waals surface area contributed by atoms with Gasteiger partial charge in [-0.05, 0) is 58.3 Å². The smallest absolute Gasteiger partial charge is 0.326 e. The Kier molecular flexibility index (Phi) is 43.5. The summed E-state index contributed by atoms with van der Waals surface area (Å²) in [7, 11) is 0. The molecule has 76 heavy (non-hydrogen) atoms. The van der Waals surface area contributed by atoms with Gasteiger partial charge >= 0.3 is 23.9 Å². The molecule has 0 heterocycles. The Bertz CT molecular complexity index is 1730. The maximum Gasteiger partial charge on any atom is 0.326 e. The summed E-state index contributed by atoms with van der Waals surface area (Å²) in [5.74, 6) is -8.06. The highest BCUT2D eigenvalue weighted by molar-refractivity contribution is 5.87. The molecule has 0 aromatic rings. The topological polar surface area (TPSA) is 354 Å². The Balaban J connectivity index is 4.01. The van der Waals surface area contributed by atoms with Crippen molar-refractivity contribution in [2.24, 2.45) is 11.8 Å². The van der Waals surface area contributed by atoms with Crippen LogP contribution in [0.3, 0.4) is 0 Å². The molecule has 0 saturated carbocycles. The number of unbranched alkanes of at least 4 members (excludes halogenated alkanes) is 12. The molecule has 0 fully saturated rings. The summed E-state index contributed by atoms with van der Waals surface area (Å²) in [6.07, 6.45) is 13.6. The summed E-state index contributed by atoms with van der Waals surface area (Å²) in [5.41, 5.74) is 0. The van der Waals surface area contributed by atoms with Crippen molar-refractivity contribution in [2.45, 2.75) is 193 Å². The molecule has 0 rings (SSSR count). The Labute approximate surface area is 447 Å². The van der Waals surface area contributed by atoms with E-state index in [1.54, 1.807) is 6.92 Å². The summed E-state index contributed by atoms with van der Waals surface area (Å²) in [6, 6.07) is -2.70. The van der Waals surface area contributed by atoms with Crippen molar-refractivity contribution in [1.29, 1.82) is 0 Å². The van der Waals surface area contributed by atoms with Crippen LogP contribution >= 0.6 is 0 Å². The van der Waals surface area contributed by atoms with Gasteiger partial charge in [0.2, 0.25) is 23.6 Å². The molecule has 0 aromatic heterocycles. The molecule has 4 amide bonds. The van der Waals surface area contributed by atoms with E-state index >= 15 is 0 Å². The fourth-order valence-electron chi connectivity index (χ4n) is 7.61. The SMILES string of the molecule is CC(=O)[C@@H](C)CCCCNC(=O)CC[C@H](CC(=O)COCCOCCNC(=O)COCCOCCCC(=O)CC[C@H](NC(=O)CC[C@H](NC(=O)CCCCCCCCCCCCCCC(=O)O)C(=O)O)C(=O)O)C(=O)O. The third-order valence-electron chi connectivity index (χ3n) is 12.4. The standard InChI is InChI=1S/C53H90N4O19/c1-39(40(2)58)18-15-16-28-54-46(61)26-22-41(51(67)68)36-43(60)37-75-34-33-74-31-29-55-49(64)38-76-35-32-73-30-17-19-42(59)23-24-44(52(69)70)57-48(63)27-25-45(53(71)72)56-47(62)20-13-11-9-7-5-3-4-6-8-10-12-14-21-50(65)66/h39,41,44-45H,3-38H2,1-2H3,(H,54,61)(H,55,64)(H,56,62)(H,57,63)(H,65,66)(H,67,68)(H,69,70)(H,71,72)/t39-,41+,44-,45-/m0/s1. The normalized spacial score (nSPS) is 12.7. The van der Waals surface area contributed by atoms with Gasteiger partial charge in [-0.2, -0.15) is 0 Å². The molecular weight excluding hydrogens is 997 g/mol. The molecule has 0 aromatic carbocycles. The second-order valence-corrected chi connectivity index (χ2v) is 19.1. The van der Waals surface area contributed by atoms with Crippen LogP contribution in [0.15, 0.2) is 0 Å². The van der Waals surface area contributed by atoms with E-state index in [2.05, 4.69) is 21.3 Å². The Hall–Kier alpha value is -5.39. The number of aliphatic carboxylic acids is 4. The van der Waals surface area contributed by atoms with Crippen LogP contribution < -0.4 is 21.3 Å². The third-order valence-corrected chi connectivity index (χ3v) is 12.4. The maximum absolute atomic E-state index is 12.5. The number of hydrogen-bond donors (Lipinski definition) is 8. The highest BCUT2D eigenvalue weighted by Crippen LogP contribution is 2.15. The number of hydrogen-bond acceptors (Lipinski definition) is 15. The summed E-state index contributed by atoms with van der Waals surface area (Å²) in [6.45, 7) is 4.25. The van der Waals surface area contributed by atoms with Gasteiger partial charge in [0.15, 0.2) is 5.78 Å². The van der Waals surface area contributed by atoms with Crippen LogP contribution in [0.4, 0.5) is 0 Å². The van der Waals surface area contributed by atoms with E-state index in [9.17, 15) is 68.1 Å². The van der Waals surface area contributed by atoms with Gasteiger partial charge in [0, 0.05) is 70.6 Å². The Morgan fingerprint density at radius 3 is 1.43 bits per heavy atom. The number of carboxylic acids is 4. The van der Waals surface area contributed by atoms with Crippen LogP contribution in [0.5, 0.6) is 0 Å². The maximum atomic E-state index is 12.5. The van der Waals surface area contributed by atoms with Crippen molar-refractivity contribution in [1.82, 2.24) is 21.3 Å². The zero-order chi connectivity index (χ0) is 56.8. The molecule has 0 saturated heterocycles. The molecule has 0 bridgehead atoms. The van der Waals surface area contributed by atoms with Crippen molar-refractivity contribution < 1.29 is 92.1 Å². The molecule has 23 nitrogen and oxygen atoms in total. The van der Waals surface area contributed by atoms with Gasteiger partial charge in [-0.15, -0.1) is 0 Å². The lowest BCUT2D eigenvalue weighted by molar-refractivity contribution is -0.145. The van der Waals surface area contributed by atoms with Gasteiger partial charge in [-0.25, -0.2) is 9.59 Å². The van der Waals surface area contributed by atoms with Gasteiger partial charge in [0.1, 0.15) is 36.9 Å². The van der Waals surface area contributed by atoms with Crippen molar-refractivity contribution >= 4 is 64.9 Å². The van der Waals surface area contributed by atoms with Crippen molar-refractivity contribution in [3.05, 3.63) is 0 Å². The first kappa shape index (κ1) is 70.6. The van der Waals surface area contributed by atoms with Crippen LogP contribution in [0.2, 0.25) is 0 Å². The molecular formula is C53H90N4O19. The number of ketones is 3. The van der Waals surface area contributed by atoms with E-state index in [4.69, 9.17) is 24.1 Å². The Morgan fingerprint density at radius 2 is 0.882 bits per heavy atom. The quantitative estimate of drug-likeness (QED) is 0.0382. The molecule has 0 aliphatic carbocycles. The summed E-state index contributed by atoms with van der Waals surface area (Å²) in [4.78, 5) is 131. The first-order chi connectivity index (χ1) is 36.3. The van der Waals surface area contributed by atoms with E-state index in [1.165, 1.54) is 0 Å². The van der Waals surface area contributed by atoms with Crippen LogP contribution in [0, 0.1) is 11.8 Å². The van der Waals surface area contributed by atoms with Crippen LogP contribution in [0.1, 0.15) is 181 Å². The van der Waals surface area contributed by atoms with E-state index in [0.717, 1.165) is 83.5 Å². The van der Waals surface area contributed by atoms with Gasteiger partial charge in [0.05, 0.1) is 39.0 Å². The van der Waals surface area contributed by atoms with E-state index in [-0.39, 0.29) is 147 Å². The lowest BCUT2D eigenvalue weighted by Crippen LogP contribution is -2.44. The predicted molar refractivity (Wildman–Crippen MR) is 277 cm³/mol. The molecule has 0 aliphatic rings. The molecule has 0 radical (unpaired) electrons. The van der Waals surface area contributed by atoms with E-state index in [0.29, 0.717) is 25.8 Å². The number of rotatable bonds is 54.